The number of aromatic amines is 1. The largest absolute Gasteiger partial charge is 0.497 e. The lowest BCUT2D eigenvalue weighted by atomic mass is 10.2. The van der Waals surface area contributed by atoms with Crippen molar-refractivity contribution in [3.8, 4) is 5.75 Å². The van der Waals surface area contributed by atoms with Gasteiger partial charge in [-0.1, -0.05) is 12.1 Å². The summed E-state index contributed by atoms with van der Waals surface area (Å²) >= 11 is 0. The number of para-hydroxylation sites is 1. The van der Waals surface area contributed by atoms with Crippen LogP contribution < -0.4 is 20.9 Å². The Morgan fingerprint density at radius 1 is 1.00 bits per heavy atom. The number of anilines is 1. The maximum Gasteiger partial charge on any atom is 0.328 e. The molecular weight excluding hydrogens is 396 g/mol. The lowest BCUT2D eigenvalue weighted by Gasteiger charge is -2.24. The number of ether oxygens (including phenoxy) is 1. The minimum atomic E-state index is -0.488. The van der Waals surface area contributed by atoms with E-state index in [0.717, 1.165) is 30.9 Å². The van der Waals surface area contributed by atoms with Gasteiger partial charge in [0.05, 0.1) is 18.0 Å². The first-order valence-corrected chi connectivity index (χ1v) is 10.5. The number of carbonyl (C=O) groups is 1. The fourth-order valence-electron chi connectivity index (χ4n) is 4.05. The molecule has 162 valence electrons. The third kappa shape index (κ3) is 4.47. The molecule has 2 heterocycles. The van der Waals surface area contributed by atoms with Crippen LogP contribution in [-0.4, -0.2) is 53.6 Å². The number of fused-ring (bicyclic) bond motifs is 1. The fourth-order valence-corrected chi connectivity index (χ4v) is 4.05. The first-order chi connectivity index (χ1) is 15.1. The van der Waals surface area contributed by atoms with Gasteiger partial charge in [-0.2, -0.15) is 0 Å². The van der Waals surface area contributed by atoms with E-state index < -0.39 is 11.2 Å². The van der Waals surface area contributed by atoms with Gasteiger partial charge in [-0.3, -0.25) is 19.1 Å². The predicted molar refractivity (Wildman–Crippen MR) is 120 cm³/mol. The van der Waals surface area contributed by atoms with Gasteiger partial charge in [0.25, 0.3) is 5.56 Å². The van der Waals surface area contributed by atoms with Crippen molar-refractivity contribution in [2.24, 2.45) is 0 Å². The Hall–Kier alpha value is -3.55. The van der Waals surface area contributed by atoms with E-state index >= 15 is 0 Å². The summed E-state index contributed by atoms with van der Waals surface area (Å²) in [4.78, 5) is 43.7. The van der Waals surface area contributed by atoms with Gasteiger partial charge in [0.1, 0.15) is 5.75 Å². The number of H-pyrrole nitrogens is 1. The van der Waals surface area contributed by atoms with Crippen LogP contribution in [0.3, 0.4) is 0 Å². The SMILES string of the molecule is COc1ccc(N2CCCN(C(=O)CCn3c(=O)[nH]c(=O)c4ccccc43)CC2)cc1. The highest BCUT2D eigenvalue weighted by Gasteiger charge is 2.20. The fraction of sp³-hybridized carbons (Fsp3) is 0.348. The Labute approximate surface area is 179 Å². The second-order valence-electron chi connectivity index (χ2n) is 7.60. The molecule has 0 atom stereocenters. The molecule has 0 radical (unpaired) electrons. The molecule has 0 unspecified atom stereocenters. The lowest BCUT2D eigenvalue weighted by molar-refractivity contribution is -0.131. The van der Waals surface area contributed by atoms with Gasteiger partial charge >= 0.3 is 5.69 Å². The van der Waals surface area contributed by atoms with Gasteiger partial charge in [0.15, 0.2) is 0 Å². The summed E-state index contributed by atoms with van der Waals surface area (Å²) in [6.07, 6.45) is 1.08. The third-order valence-electron chi connectivity index (χ3n) is 5.74. The average Bonchev–Trinajstić information content (AvgIpc) is 3.05. The molecule has 4 rings (SSSR count). The van der Waals surface area contributed by atoms with Crippen molar-refractivity contribution in [1.82, 2.24) is 14.5 Å². The number of aryl methyl sites for hydroxylation is 1. The topological polar surface area (TPSA) is 87.6 Å². The molecule has 8 heteroatoms. The molecule has 2 aromatic carbocycles. The van der Waals surface area contributed by atoms with Crippen LogP contribution in [0.5, 0.6) is 5.75 Å². The van der Waals surface area contributed by atoms with Gasteiger partial charge in [0, 0.05) is 44.8 Å². The van der Waals surface area contributed by atoms with Crippen LogP contribution in [0.25, 0.3) is 10.9 Å². The number of aromatic nitrogens is 2. The summed E-state index contributed by atoms with van der Waals surface area (Å²) in [5.41, 5.74) is 0.763. The van der Waals surface area contributed by atoms with Crippen LogP contribution >= 0.6 is 0 Å². The van der Waals surface area contributed by atoms with Gasteiger partial charge < -0.3 is 14.5 Å². The molecule has 1 aliphatic rings. The van der Waals surface area contributed by atoms with Crippen molar-refractivity contribution in [1.29, 1.82) is 0 Å². The Balaban J connectivity index is 1.41. The van der Waals surface area contributed by atoms with Crippen LogP contribution in [-0.2, 0) is 11.3 Å². The molecule has 0 aliphatic carbocycles. The number of nitrogens with zero attached hydrogens (tertiary/aromatic N) is 3. The molecule has 3 aromatic rings. The van der Waals surface area contributed by atoms with Crippen molar-refractivity contribution in [3.05, 3.63) is 69.4 Å². The maximum atomic E-state index is 12.9. The van der Waals surface area contributed by atoms with Crippen molar-refractivity contribution >= 4 is 22.5 Å². The summed E-state index contributed by atoms with van der Waals surface area (Å²) in [7, 11) is 1.65. The maximum absolute atomic E-state index is 12.9. The number of amides is 1. The van der Waals surface area contributed by atoms with E-state index in [1.165, 1.54) is 4.57 Å². The molecule has 1 amide bonds. The van der Waals surface area contributed by atoms with E-state index in [1.54, 1.807) is 31.4 Å². The van der Waals surface area contributed by atoms with Crippen LogP contribution in [0.2, 0.25) is 0 Å². The van der Waals surface area contributed by atoms with E-state index in [-0.39, 0.29) is 18.9 Å². The molecule has 1 saturated heterocycles. The number of benzene rings is 2. The molecule has 0 saturated carbocycles. The minimum Gasteiger partial charge on any atom is -0.497 e. The van der Waals surface area contributed by atoms with Crippen LogP contribution in [0, 0.1) is 0 Å². The Bertz CT molecular complexity index is 1180. The van der Waals surface area contributed by atoms with Crippen molar-refractivity contribution in [3.63, 3.8) is 0 Å². The lowest BCUT2D eigenvalue weighted by Crippen LogP contribution is -2.37. The van der Waals surface area contributed by atoms with E-state index in [2.05, 4.69) is 9.88 Å². The summed E-state index contributed by atoms with van der Waals surface area (Å²) in [5.74, 6) is 0.833. The summed E-state index contributed by atoms with van der Waals surface area (Å²) in [6, 6.07) is 14.9. The molecule has 1 aromatic heterocycles. The summed E-state index contributed by atoms with van der Waals surface area (Å²) in [6.45, 7) is 3.17. The summed E-state index contributed by atoms with van der Waals surface area (Å²) in [5, 5.41) is 0.444. The molecule has 1 N–H and O–H groups in total. The zero-order valence-electron chi connectivity index (χ0n) is 17.5. The van der Waals surface area contributed by atoms with Crippen molar-refractivity contribution < 1.29 is 9.53 Å². The number of methoxy groups -OCH3 is 1. The quantitative estimate of drug-likeness (QED) is 0.678. The smallest absolute Gasteiger partial charge is 0.328 e. The molecule has 8 nitrogen and oxygen atoms in total. The minimum absolute atomic E-state index is 0.0127. The Morgan fingerprint density at radius 2 is 1.77 bits per heavy atom. The van der Waals surface area contributed by atoms with E-state index in [1.807, 2.05) is 29.2 Å². The Kier molecular flexibility index (Phi) is 6.06. The third-order valence-corrected chi connectivity index (χ3v) is 5.74. The highest BCUT2D eigenvalue weighted by atomic mass is 16.5. The van der Waals surface area contributed by atoms with Gasteiger partial charge in [0.2, 0.25) is 5.91 Å². The molecule has 31 heavy (non-hydrogen) atoms. The zero-order valence-corrected chi connectivity index (χ0v) is 17.5. The molecule has 0 bridgehead atoms. The molecular formula is C23H26N4O4. The molecule has 0 spiro atoms. The van der Waals surface area contributed by atoms with Crippen molar-refractivity contribution in [2.75, 3.05) is 38.2 Å². The standard InChI is InChI=1S/C23H26N4O4/c1-31-18-9-7-17(8-10-18)25-12-4-13-26(16-15-25)21(28)11-14-27-20-6-3-2-5-19(20)22(29)24-23(27)30/h2-3,5-10H,4,11-16H2,1H3,(H,24,29,30). The average molecular weight is 422 g/mol. The highest BCUT2D eigenvalue weighted by molar-refractivity contribution is 5.79. The van der Waals surface area contributed by atoms with Crippen molar-refractivity contribution in [2.45, 2.75) is 19.4 Å². The van der Waals surface area contributed by atoms with E-state index in [0.29, 0.717) is 24.0 Å². The molecule has 1 fully saturated rings. The van der Waals surface area contributed by atoms with Gasteiger partial charge in [-0.05, 0) is 42.8 Å². The number of nitrogens with one attached hydrogen (secondary N) is 1. The zero-order chi connectivity index (χ0) is 21.8. The Morgan fingerprint density at radius 3 is 2.55 bits per heavy atom. The normalized spacial score (nSPS) is 14.5. The molecule has 1 aliphatic heterocycles. The first-order valence-electron chi connectivity index (χ1n) is 10.5. The second kappa shape index (κ2) is 9.07. The number of rotatable bonds is 5. The number of hydrogen-bond donors (Lipinski definition) is 1. The second-order valence-corrected chi connectivity index (χ2v) is 7.60. The first kappa shape index (κ1) is 20.7. The van der Waals surface area contributed by atoms with Crippen LogP contribution in [0.1, 0.15) is 12.8 Å². The van der Waals surface area contributed by atoms with Gasteiger partial charge in [-0.25, -0.2) is 4.79 Å². The highest BCUT2D eigenvalue weighted by Crippen LogP contribution is 2.20. The van der Waals surface area contributed by atoms with E-state index in [4.69, 9.17) is 4.74 Å². The van der Waals surface area contributed by atoms with E-state index in [9.17, 15) is 14.4 Å². The predicted octanol–water partition coefficient (Wildman–Crippen LogP) is 1.83. The number of carbonyl (C=O) groups excluding carboxylic acids is 1. The monoisotopic (exact) mass is 422 g/mol. The van der Waals surface area contributed by atoms with Gasteiger partial charge in [-0.15, -0.1) is 0 Å². The number of hydrogen-bond acceptors (Lipinski definition) is 5. The summed E-state index contributed by atoms with van der Waals surface area (Å²) < 4.78 is 6.69. The van der Waals surface area contributed by atoms with Crippen LogP contribution in [0.4, 0.5) is 5.69 Å². The van der Waals surface area contributed by atoms with Crippen LogP contribution in [0.15, 0.2) is 58.1 Å².